The van der Waals surface area contributed by atoms with E-state index in [0.29, 0.717) is 11.3 Å². The Bertz CT molecular complexity index is 422. The number of aliphatic carboxylic acids is 1. The Hall–Kier alpha value is -1.55. The SMILES string of the molecule is O=C(O)Cc1ccccc1OCC1(O)CCCC1. The largest absolute Gasteiger partial charge is 0.490 e. The van der Waals surface area contributed by atoms with Gasteiger partial charge in [-0.1, -0.05) is 31.0 Å². The highest BCUT2D eigenvalue weighted by molar-refractivity contribution is 5.71. The molecule has 2 N–H and O–H groups in total. The molecule has 0 aromatic heterocycles. The minimum atomic E-state index is -0.884. The molecule has 1 saturated carbocycles. The second kappa shape index (κ2) is 5.40. The number of carboxylic acid groups (broad SMARTS) is 1. The van der Waals surface area contributed by atoms with Crippen molar-refractivity contribution < 1.29 is 19.7 Å². The van der Waals surface area contributed by atoms with Crippen LogP contribution in [-0.2, 0) is 11.2 Å². The van der Waals surface area contributed by atoms with Crippen molar-refractivity contribution in [3.63, 3.8) is 0 Å². The van der Waals surface area contributed by atoms with Crippen molar-refractivity contribution in [2.24, 2.45) is 0 Å². The standard InChI is InChI=1S/C14H18O4/c15-13(16)9-11-5-1-2-6-12(11)18-10-14(17)7-3-4-8-14/h1-2,5-6,17H,3-4,7-10H2,(H,15,16). The maximum absolute atomic E-state index is 10.7. The molecule has 4 heteroatoms. The topological polar surface area (TPSA) is 66.8 Å². The number of hydrogen-bond acceptors (Lipinski definition) is 3. The third kappa shape index (κ3) is 3.23. The number of rotatable bonds is 5. The average molecular weight is 250 g/mol. The van der Waals surface area contributed by atoms with Crippen molar-refractivity contribution in [3.8, 4) is 5.75 Å². The predicted octanol–water partition coefficient (Wildman–Crippen LogP) is 2.00. The van der Waals surface area contributed by atoms with Crippen LogP contribution in [0.15, 0.2) is 24.3 Å². The van der Waals surface area contributed by atoms with Crippen LogP contribution < -0.4 is 4.74 Å². The quantitative estimate of drug-likeness (QED) is 0.838. The fraction of sp³-hybridized carbons (Fsp3) is 0.500. The highest BCUT2D eigenvalue weighted by Crippen LogP contribution is 2.30. The molecular formula is C14H18O4. The summed E-state index contributed by atoms with van der Waals surface area (Å²) in [5, 5.41) is 19.0. The van der Waals surface area contributed by atoms with Gasteiger partial charge in [0.15, 0.2) is 0 Å². The molecule has 1 aliphatic rings. The van der Waals surface area contributed by atoms with Crippen molar-refractivity contribution in [1.82, 2.24) is 0 Å². The van der Waals surface area contributed by atoms with Gasteiger partial charge in [0.1, 0.15) is 12.4 Å². The number of ether oxygens (including phenoxy) is 1. The molecule has 0 heterocycles. The molecule has 1 aliphatic carbocycles. The Balaban J connectivity index is 2.02. The van der Waals surface area contributed by atoms with E-state index in [2.05, 4.69) is 0 Å². The zero-order chi connectivity index (χ0) is 13.0. The van der Waals surface area contributed by atoms with Gasteiger partial charge in [-0.05, 0) is 18.9 Å². The lowest BCUT2D eigenvalue weighted by Gasteiger charge is -2.23. The van der Waals surface area contributed by atoms with Gasteiger partial charge in [0.25, 0.3) is 0 Å². The summed E-state index contributed by atoms with van der Waals surface area (Å²) in [6, 6.07) is 7.08. The van der Waals surface area contributed by atoms with E-state index in [0.717, 1.165) is 25.7 Å². The van der Waals surface area contributed by atoms with Gasteiger partial charge in [0, 0.05) is 5.56 Å². The lowest BCUT2D eigenvalue weighted by molar-refractivity contribution is -0.136. The van der Waals surface area contributed by atoms with Crippen LogP contribution in [0.25, 0.3) is 0 Å². The third-order valence-electron chi connectivity index (χ3n) is 3.34. The van der Waals surface area contributed by atoms with E-state index in [-0.39, 0.29) is 13.0 Å². The molecule has 1 aromatic carbocycles. The van der Waals surface area contributed by atoms with Crippen LogP contribution in [0.5, 0.6) is 5.75 Å². The van der Waals surface area contributed by atoms with Gasteiger partial charge in [0.05, 0.1) is 12.0 Å². The summed E-state index contributed by atoms with van der Waals surface area (Å²) in [4.78, 5) is 10.7. The van der Waals surface area contributed by atoms with Gasteiger partial charge >= 0.3 is 5.97 Å². The van der Waals surface area contributed by atoms with Crippen molar-refractivity contribution in [2.45, 2.75) is 37.7 Å². The molecule has 18 heavy (non-hydrogen) atoms. The fourth-order valence-corrected chi connectivity index (χ4v) is 2.34. The van der Waals surface area contributed by atoms with Crippen LogP contribution in [0.3, 0.4) is 0 Å². The minimum absolute atomic E-state index is 0.0609. The van der Waals surface area contributed by atoms with E-state index in [1.807, 2.05) is 0 Å². The van der Waals surface area contributed by atoms with Crippen LogP contribution in [0.1, 0.15) is 31.2 Å². The maximum Gasteiger partial charge on any atom is 0.307 e. The molecule has 1 fully saturated rings. The first-order chi connectivity index (χ1) is 8.59. The zero-order valence-corrected chi connectivity index (χ0v) is 10.3. The summed E-state index contributed by atoms with van der Waals surface area (Å²) in [7, 11) is 0. The summed E-state index contributed by atoms with van der Waals surface area (Å²) >= 11 is 0. The second-order valence-electron chi connectivity index (χ2n) is 4.90. The van der Waals surface area contributed by atoms with E-state index in [1.165, 1.54) is 0 Å². The van der Waals surface area contributed by atoms with Gasteiger partial charge < -0.3 is 14.9 Å². The van der Waals surface area contributed by atoms with Crippen LogP contribution in [0.4, 0.5) is 0 Å². The van der Waals surface area contributed by atoms with Gasteiger partial charge in [-0.25, -0.2) is 0 Å². The van der Waals surface area contributed by atoms with E-state index >= 15 is 0 Å². The van der Waals surface area contributed by atoms with Gasteiger partial charge in [0.2, 0.25) is 0 Å². The van der Waals surface area contributed by atoms with E-state index in [1.54, 1.807) is 24.3 Å². The summed E-state index contributed by atoms with van der Waals surface area (Å²) in [6.07, 6.45) is 3.50. The highest BCUT2D eigenvalue weighted by Gasteiger charge is 2.32. The van der Waals surface area contributed by atoms with Crippen LogP contribution in [0, 0.1) is 0 Å². The number of benzene rings is 1. The van der Waals surface area contributed by atoms with Gasteiger partial charge in [-0.2, -0.15) is 0 Å². The number of carbonyl (C=O) groups is 1. The van der Waals surface area contributed by atoms with E-state index < -0.39 is 11.6 Å². The Morgan fingerprint density at radius 2 is 1.94 bits per heavy atom. The van der Waals surface area contributed by atoms with Crippen LogP contribution in [0.2, 0.25) is 0 Å². The van der Waals surface area contributed by atoms with Crippen molar-refractivity contribution in [2.75, 3.05) is 6.61 Å². The number of para-hydroxylation sites is 1. The molecule has 0 aliphatic heterocycles. The van der Waals surface area contributed by atoms with Crippen LogP contribution >= 0.6 is 0 Å². The highest BCUT2D eigenvalue weighted by atomic mass is 16.5. The molecular weight excluding hydrogens is 232 g/mol. The summed E-state index contributed by atoms with van der Waals surface area (Å²) in [6.45, 7) is 0.240. The molecule has 0 saturated heterocycles. The Morgan fingerprint density at radius 3 is 2.61 bits per heavy atom. The normalized spacial score (nSPS) is 17.6. The fourth-order valence-electron chi connectivity index (χ4n) is 2.34. The summed E-state index contributed by atoms with van der Waals surface area (Å²) < 4.78 is 5.61. The average Bonchev–Trinajstić information content (AvgIpc) is 2.75. The first-order valence-corrected chi connectivity index (χ1v) is 6.24. The van der Waals surface area contributed by atoms with Crippen molar-refractivity contribution in [1.29, 1.82) is 0 Å². The Kier molecular flexibility index (Phi) is 3.87. The summed E-state index contributed by atoms with van der Waals surface area (Å²) in [5.74, 6) is -0.328. The first-order valence-electron chi connectivity index (χ1n) is 6.24. The van der Waals surface area contributed by atoms with E-state index in [9.17, 15) is 9.90 Å². The predicted molar refractivity (Wildman–Crippen MR) is 66.7 cm³/mol. The molecule has 0 spiro atoms. The molecule has 98 valence electrons. The molecule has 0 unspecified atom stereocenters. The zero-order valence-electron chi connectivity index (χ0n) is 10.3. The van der Waals surface area contributed by atoms with Gasteiger partial charge in [-0.3, -0.25) is 4.79 Å². The monoisotopic (exact) mass is 250 g/mol. The minimum Gasteiger partial charge on any atom is -0.490 e. The van der Waals surface area contributed by atoms with Gasteiger partial charge in [-0.15, -0.1) is 0 Å². The Labute approximate surface area is 106 Å². The second-order valence-corrected chi connectivity index (χ2v) is 4.90. The lowest BCUT2D eigenvalue weighted by atomic mass is 10.0. The maximum atomic E-state index is 10.7. The molecule has 0 radical (unpaired) electrons. The molecule has 4 nitrogen and oxygen atoms in total. The lowest BCUT2D eigenvalue weighted by Crippen LogP contribution is -2.32. The third-order valence-corrected chi connectivity index (χ3v) is 3.34. The first kappa shape index (κ1) is 12.9. The van der Waals surface area contributed by atoms with Crippen molar-refractivity contribution in [3.05, 3.63) is 29.8 Å². The van der Waals surface area contributed by atoms with Crippen LogP contribution in [-0.4, -0.2) is 28.4 Å². The smallest absolute Gasteiger partial charge is 0.307 e. The molecule has 0 bridgehead atoms. The number of carboxylic acids is 1. The van der Waals surface area contributed by atoms with Crippen molar-refractivity contribution >= 4 is 5.97 Å². The molecule has 1 aromatic rings. The summed E-state index contributed by atoms with van der Waals surface area (Å²) in [5.41, 5.74) is -0.0947. The number of hydrogen-bond donors (Lipinski definition) is 2. The number of aliphatic hydroxyl groups is 1. The molecule has 2 rings (SSSR count). The molecule has 0 amide bonds. The van der Waals surface area contributed by atoms with E-state index in [4.69, 9.17) is 9.84 Å². The molecule has 0 atom stereocenters. The Morgan fingerprint density at radius 1 is 1.28 bits per heavy atom.